The SMILES string of the molecule is CCCCCCCCCCCCCCCCCCOCCOP(=O)(O)OC[C@H]1O[C@@H](n2cnc(C(=N)N)n2)[C@H](O)[C@@H]1O. The summed E-state index contributed by atoms with van der Waals surface area (Å²) in [4.78, 5) is 13.7. The van der Waals surface area contributed by atoms with E-state index in [1.807, 2.05) is 0 Å². The van der Waals surface area contributed by atoms with Crippen LogP contribution in [0.2, 0.25) is 0 Å². The van der Waals surface area contributed by atoms with Gasteiger partial charge in [0.15, 0.2) is 12.1 Å². The fourth-order valence-corrected chi connectivity index (χ4v) is 5.59. The maximum atomic E-state index is 12.2. The highest BCUT2D eigenvalue weighted by atomic mass is 31.2. The van der Waals surface area contributed by atoms with Crippen LogP contribution < -0.4 is 5.73 Å². The predicted molar refractivity (Wildman–Crippen MR) is 159 cm³/mol. The molecule has 0 aromatic carbocycles. The summed E-state index contributed by atoms with van der Waals surface area (Å²) in [5, 5.41) is 31.8. The van der Waals surface area contributed by atoms with Crippen molar-refractivity contribution >= 4 is 13.7 Å². The molecule has 0 bridgehead atoms. The van der Waals surface area contributed by atoms with Crippen LogP contribution in [0.3, 0.4) is 0 Å². The van der Waals surface area contributed by atoms with Gasteiger partial charge in [0.2, 0.25) is 5.82 Å². The van der Waals surface area contributed by atoms with Crippen LogP contribution in [0.4, 0.5) is 0 Å². The first kappa shape index (κ1) is 36.8. The lowest BCUT2D eigenvalue weighted by atomic mass is 10.0. The molecular formula is C28H54N5O8P. The van der Waals surface area contributed by atoms with Crippen LogP contribution in [0.25, 0.3) is 0 Å². The zero-order valence-corrected chi connectivity index (χ0v) is 26.2. The molecule has 2 heterocycles. The molecule has 0 saturated carbocycles. The van der Waals surface area contributed by atoms with Crippen molar-refractivity contribution in [3.05, 3.63) is 12.2 Å². The highest BCUT2D eigenvalue weighted by molar-refractivity contribution is 7.47. The first-order chi connectivity index (χ1) is 20.2. The third-order valence-electron chi connectivity index (χ3n) is 7.37. The summed E-state index contributed by atoms with van der Waals surface area (Å²) in [6, 6.07) is 0. The normalized spacial score (nSPS) is 22.0. The Labute approximate surface area is 250 Å². The van der Waals surface area contributed by atoms with Crippen LogP contribution >= 0.6 is 7.82 Å². The van der Waals surface area contributed by atoms with Gasteiger partial charge in [-0.3, -0.25) is 14.5 Å². The van der Waals surface area contributed by atoms with Crippen molar-refractivity contribution in [1.29, 1.82) is 5.41 Å². The number of hydrogen-bond acceptors (Lipinski definition) is 10. The molecule has 13 nitrogen and oxygen atoms in total. The number of phosphoric ester groups is 1. The number of hydrogen-bond donors (Lipinski definition) is 5. The summed E-state index contributed by atoms with van der Waals surface area (Å²) in [7, 11) is -4.42. The van der Waals surface area contributed by atoms with Gasteiger partial charge in [-0.1, -0.05) is 103 Å². The minimum Gasteiger partial charge on any atom is -0.387 e. The molecule has 1 fully saturated rings. The van der Waals surface area contributed by atoms with E-state index >= 15 is 0 Å². The summed E-state index contributed by atoms with van der Waals surface area (Å²) >= 11 is 0. The summed E-state index contributed by atoms with van der Waals surface area (Å²) in [5.74, 6) is -0.431. The molecule has 14 heteroatoms. The van der Waals surface area contributed by atoms with E-state index in [4.69, 9.17) is 29.7 Å². The zero-order chi connectivity index (χ0) is 30.6. The Morgan fingerprint density at radius 1 is 0.905 bits per heavy atom. The quantitative estimate of drug-likeness (QED) is 0.0421. The lowest BCUT2D eigenvalue weighted by Crippen LogP contribution is -2.33. The number of aliphatic hydroxyl groups is 2. The molecule has 0 radical (unpaired) electrons. The van der Waals surface area contributed by atoms with E-state index < -0.39 is 39.0 Å². The largest absolute Gasteiger partial charge is 0.472 e. The molecule has 2 rings (SSSR count). The minimum absolute atomic E-state index is 0.0646. The van der Waals surface area contributed by atoms with Crippen LogP contribution in [0, 0.1) is 5.41 Å². The van der Waals surface area contributed by atoms with Gasteiger partial charge in [-0.05, 0) is 6.42 Å². The molecule has 1 saturated heterocycles. The smallest absolute Gasteiger partial charge is 0.387 e. The predicted octanol–water partition coefficient (Wildman–Crippen LogP) is 4.59. The van der Waals surface area contributed by atoms with Gasteiger partial charge in [-0.2, -0.15) is 0 Å². The van der Waals surface area contributed by atoms with E-state index in [0.717, 1.165) is 17.5 Å². The molecule has 42 heavy (non-hydrogen) atoms. The van der Waals surface area contributed by atoms with Crippen LogP contribution in [-0.4, -0.2) is 80.4 Å². The molecular weight excluding hydrogens is 565 g/mol. The van der Waals surface area contributed by atoms with Crippen LogP contribution in [-0.2, 0) is 23.1 Å². The lowest BCUT2D eigenvalue weighted by molar-refractivity contribution is -0.0592. The number of unbranched alkanes of at least 4 members (excludes halogenated alkanes) is 15. The number of amidine groups is 1. The number of ether oxygens (including phenoxy) is 2. The lowest BCUT2D eigenvalue weighted by Gasteiger charge is -2.17. The Balaban J connectivity index is 1.41. The number of nitrogen functional groups attached to an aromatic ring is 1. The Hall–Kier alpha value is -1.44. The first-order valence-electron chi connectivity index (χ1n) is 15.7. The molecule has 0 aliphatic carbocycles. The summed E-state index contributed by atoms with van der Waals surface area (Å²) in [5.41, 5.74) is 5.33. The van der Waals surface area contributed by atoms with Crippen molar-refractivity contribution in [2.75, 3.05) is 26.4 Å². The van der Waals surface area contributed by atoms with E-state index in [0.29, 0.717) is 6.61 Å². The molecule has 1 aliphatic rings. The molecule has 1 aromatic rings. The van der Waals surface area contributed by atoms with Gasteiger partial charge in [0, 0.05) is 6.61 Å². The van der Waals surface area contributed by atoms with Gasteiger partial charge < -0.3 is 30.3 Å². The monoisotopic (exact) mass is 619 g/mol. The van der Waals surface area contributed by atoms with Gasteiger partial charge in [-0.25, -0.2) is 14.2 Å². The van der Waals surface area contributed by atoms with Crippen molar-refractivity contribution < 1.29 is 38.2 Å². The van der Waals surface area contributed by atoms with E-state index in [9.17, 15) is 19.7 Å². The topological polar surface area (TPSA) is 195 Å². The van der Waals surface area contributed by atoms with Gasteiger partial charge in [0.25, 0.3) is 0 Å². The number of nitrogens with zero attached hydrogens (tertiary/aromatic N) is 3. The Morgan fingerprint density at radius 2 is 1.45 bits per heavy atom. The summed E-state index contributed by atoms with van der Waals surface area (Å²) in [6.07, 6.45) is 17.0. The molecule has 244 valence electrons. The van der Waals surface area contributed by atoms with Crippen molar-refractivity contribution in [1.82, 2.24) is 14.8 Å². The molecule has 1 aromatic heterocycles. The highest BCUT2D eigenvalue weighted by Crippen LogP contribution is 2.44. The second-order valence-electron chi connectivity index (χ2n) is 11.0. The average molecular weight is 620 g/mol. The summed E-state index contributed by atoms with van der Waals surface area (Å²) in [6.45, 7) is 2.35. The Morgan fingerprint density at radius 3 is 1.98 bits per heavy atom. The number of nitrogens with two attached hydrogens (primary N) is 1. The molecule has 6 N–H and O–H groups in total. The van der Waals surface area contributed by atoms with Gasteiger partial charge in [-0.15, -0.1) is 5.10 Å². The highest BCUT2D eigenvalue weighted by Gasteiger charge is 2.45. The van der Waals surface area contributed by atoms with Crippen LogP contribution in [0.15, 0.2) is 6.33 Å². The van der Waals surface area contributed by atoms with Crippen molar-refractivity contribution in [3.63, 3.8) is 0 Å². The van der Waals surface area contributed by atoms with Crippen molar-refractivity contribution in [2.24, 2.45) is 5.73 Å². The van der Waals surface area contributed by atoms with Gasteiger partial charge >= 0.3 is 7.82 Å². The van der Waals surface area contributed by atoms with Crippen molar-refractivity contribution in [3.8, 4) is 0 Å². The zero-order valence-electron chi connectivity index (χ0n) is 25.3. The van der Waals surface area contributed by atoms with Crippen LogP contribution in [0.1, 0.15) is 122 Å². The summed E-state index contributed by atoms with van der Waals surface area (Å²) < 4.78 is 34.2. The number of aliphatic hydroxyl groups excluding tert-OH is 2. The van der Waals surface area contributed by atoms with E-state index in [2.05, 4.69) is 17.0 Å². The first-order valence-corrected chi connectivity index (χ1v) is 17.2. The Bertz CT molecular complexity index is 907. The minimum atomic E-state index is -4.42. The molecule has 0 amide bonds. The number of nitrogens with one attached hydrogen (secondary N) is 1. The third kappa shape index (κ3) is 14.8. The van der Waals surface area contributed by atoms with Gasteiger partial charge in [0.1, 0.15) is 24.6 Å². The van der Waals surface area contributed by atoms with Gasteiger partial charge in [0.05, 0.1) is 19.8 Å². The molecule has 5 atom stereocenters. The second-order valence-corrected chi connectivity index (χ2v) is 12.5. The second kappa shape index (κ2) is 21.3. The van der Waals surface area contributed by atoms with Crippen molar-refractivity contribution in [2.45, 2.75) is 134 Å². The van der Waals surface area contributed by atoms with E-state index in [1.165, 1.54) is 96.2 Å². The van der Waals surface area contributed by atoms with E-state index in [1.54, 1.807) is 0 Å². The number of phosphoric acid groups is 1. The maximum absolute atomic E-state index is 12.2. The number of aromatic nitrogens is 3. The standard InChI is InChI=1S/C28H54N5O8P/c1-2-3-4-5-6-7-8-9-10-11-12-13-14-15-16-17-18-38-19-20-39-42(36,37)40-21-23-24(34)25(35)28(41-23)33-22-31-27(32-33)26(29)30/h22-25,28,34-35H,2-21H2,1H3,(H3,29,30)(H,36,37)/t23-,24-,25-,28-/m1/s1. The molecule has 0 spiro atoms. The third-order valence-corrected chi connectivity index (χ3v) is 8.36. The fourth-order valence-electron chi connectivity index (χ4n) is 4.88. The molecule has 1 unspecified atom stereocenters. The fraction of sp³-hybridized carbons (Fsp3) is 0.893. The van der Waals surface area contributed by atoms with E-state index in [-0.39, 0.29) is 24.9 Å². The average Bonchev–Trinajstić information content (AvgIpc) is 3.56. The number of rotatable bonds is 26. The maximum Gasteiger partial charge on any atom is 0.472 e. The Kier molecular flexibility index (Phi) is 18.6. The molecule has 1 aliphatic heterocycles. The van der Waals surface area contributed by atoms with Crippen LogP contribution in [0.5, 0.6) is 0 Å².